The molecule has 1 fully saturated rings. The number of pyridine rings is 2. The lowest BCUT2D eigenvalue weighted by Gasteiger charge is -2.40. The molecular weight excluding hydrogens is 495 g/mol. The number of ether oxygens (including phenoxy) is 1. The van der Waals surface area contributed by atoms with Crippen LogP contribution in [-0.2, 0) is 11.2 Å². The number of unbranched alkanes of at least 4 members (excludes halogenated alkanes) is 1. The highest BCUT2D eigenvalue weighted by atomic mass is 35.5. The van der Waals surface area contributed by atoms with Gasteiger partial charge >= 0.3 is 0 Å². The zero-order chi connectivity index (χ0) is 26.3. The average molecular weight is 529 g/mol. The van der Waals surface area contributed by atoms with Crippen LogP contribution in [0.5, 0.6) is 5.75 Å². The maximum atomic E-state index is 15.7. The van der Waals surface area contributed by atoms with Crippen molar-refractivity contribution >= 4 is 28.4 Å². The first-order valence-electron chi connectivity index (χ1n) is 12.8. The average Bonchev–Trinajstić information content (AvgIpc) is 2.94. The predicted octanol–water partition coefficient (Wildman–Crippen LogP) is 5.69. The first kappa shape index (κ1) is 27.2. The third-order valence-corrected chi connectivity index (χ3v) is 7.84. The fraction of sp³-hybridized carbons (Fsp3) is 0.464. The van der Waals surface area contributed by atoms with Gasteiger partial charge < -0.3 is 9.64 Å². The van der Waals surface area contributed by atoms with E-state index in [1.54, 1.807) is 25.3 Å². The Labute approximate surface area is 222 Å². The summed E-state index contributed by atoms with van der Waals surface area (Å²) in [4.78, 5) is 23.8. The van der Waals surface area contributed by atoms with Gasteiger partial charge in [0.1, 0.15) is 11.9 Å². The van der Waals surface area contributed by atoms with E-state index in [4.69, 9.17) is 16.3 Å². The largest absolute Gasteiger partial charge is 0.497 e. The summed E-state index contributed by atoms with van der Waals surface area (Å²) in [6.07, 6.45) is 6.45. The van der Waals surface area contributed by atoms with Gasteiger partial charge in [0.05, 0.1) is 23.1 Å². The van der Waals surface area contributed by atoms with Gasteiger partial charge in [-0.1, -0.05) is 17.7 Å². The number of alkyl halides is 1. The van der Waals surface area contributed by atoms with Gasteiger partial charge in [0.15, 0.2) is 0 Å². The molecule has 198 valence electrons. The number of benzene rings is 1. The van der Waals surface area contributed by atoms with Gasteiger partial charge in [-0.05, 0) is 94.9 Å². The monoisotopic (exact) mass is 528 g/mol. The van der Waals surface area contributed by atoms with Crippen LogP contribution in [0.2, 0.25) is 5.02 Å². The number of rotatable bonds is 11. The topological polar surface area (TPSA) is 87.6 Å². The molecule has 37 heavy (non-hydrogen) atoms. The summed E-state index contributed by atoms with van der Waals surface area (Å²) in [5.41, 5.74) is 3.10. The highest BCUT2D eigenvalue weighted by Crippen LogP contribution is 2.42. The molecule has 0 radical (unpaired) electrons. The molecular formula is C28H34ClFN4O3. The Morgan fingerprint density at radius 2 is 2.05 bits per heavy atom. The Hall–Kier alpha value is -2.81. The van der Waals surface area contributed by atoms with Crippen molar-refractivity contribution in [2.45, 2.75) is 51.1 Å². The molecule has 1 aliphatic rings. The van der Waals surface area contributed by atoms with E-state index < -0.39 is 17.5 Å². The number of methoxy groups -OCH3 is 1. The van der Waals surface area contributed by atoms with Gasteiger partial charge in [-0.3, -0.25) is 20.0 Å². The summed E-state index contributed by atoms with van der Waals surface area (Å²) < 4.78 is 21.0. The Morgan fingerprint density at radius 3 is 2.76 bits per heavy atom. The van der Waals surface area contributed by atoms with Crippen LogP contribution in [-0.4, -0.2) is 52.7 Å². The lowest BCUT2D eigenvalue weighted by atomic mass is 9.73. The second kappa shape index (κ2) is 12.6. The molecule has 4 rings (SSSR count). The molecule has 7 nitrogen and oxygen atoms in total. The summed E-state index contributed by atoms with van der Waals surface area (Å²) in [7, 11) is 1.55. The maximum absolute atomic E-state index is 15.7. The SMILES string of the molecule is COc1ccc2ncc(Cl)c(C(F)CCC3(C(=O)NO)CCN(CCCCc4ccccn4)CC3)c2c1. The van der Waals surface area contributed by atoms with Gasteiger partial charge in [-0.2, -0.15) is 0 Å². The lowest BCUT2D eigenvalue weighted by Crippen LogP contribution is -2.48. The van der Waals surface area contributed by atoms with Crippen LogP contribution >= 0.6 is 11.6 Å². The number of hydroxylamine groups is 1. The van der Waals surface area contributed by atoms with Crippen LogP contribution in [0.25, 0.3) is 10.9 Å². The van der Waals surface area contributed by atoms with Crippen molar-refractivity contribution in [3.05, 3.63) is 65.1 Å². The van der Waals surface area contributed by atoms with Crippen molar-refractivity contribution < 1.29 is 19.1 Å². The van der Waals surface area contributed by atoms with Crippen LogP contribution in [0.1, 0.15) is 56.0 Å². The van der Waals surface area contributed by atoms with E-state index in [0.717, 1.165) is 44.6 Å². The van der Waals surface area contributed by atoms with Gasteiger partial charge in [0, 0.05) is 29.0 Å². The van der Waals surface area contributed by atoms with Gasteiger partial charge in [-0.25, -0.2) is 9.87 Å². The number of hydrogen-bond donors (Lipinski definition) is 2. The molecule has 1 atom stereocenters. The van der Waals surface area contributed by atoms with Crippen molar-refractivity contribution in [3.63, 3.8) is 0 Å². The highest BCUT2D eigenvalue weighted by molar-refractivity contribution is 6.32. The second-order valence-electron chi connectivity index (χ2n) is 9.75. The van der Waals surface area contributed by atoms with Crippen LogP contribution in [0.4, 0.5) is 4.39 Å². The number of fused-ring (bicyclic) bond motifs is 1. The number of aryl methyl sites for hydroxylation is 1. The van der Waals surface area contributed by atoms with E-state index in [1.807, 2.05) is 29.9 Å². The number of nitrogens with one attached hydrogen (secondary N) is 1. The summed E-state index contributed by atoms with van der Waals surface area (Å²) in [5, 5.41) is 10.3. The van der Waals surface area contributed by atoms with E-state index in [9.17, 15) is 10.0 Å². The number of nitrogens with zero attached hydrogens (tertiary/aromatic N) is 3. The Bertz CT molecular complexity index is 1190. The molecule has 1 aliphatic heterocycles. The third-order valence-electron chi connectivity index (χ3n) is 7.54. The molecule has 0 saturated carbocycles. The second-order valence-corrected chi connectivity index (χ2v) is 10.2. The van der Waals surface area contributed by atoms with Crippen molar-refractivity contribution in [1.29, 1.82) is 0 Å². The molecule has 2 N–H and O–H groups in total. The van der Waals surface area contributed by atoms with Crippen LogP contribution in [0, 0.1) is 5.41 Å². The van der Waals surface area contributed by atoms with Crippen LogP contribution < -0.4 is 10.2 Å². The number of halogens is 2. The molecule has 3 heterocycles. The number of amides is 1. The molecule has 3 aromatic rings. The van der Waals surface area contributed by atoms with Gasteiger partial charge in [0.2, 0.25) is 5.91 Å². The Morgan fingerprint density at radius 1 is 1.24 bits per heavy atom. The normalized spacial score (nSPS) is 16.4. The molecule has 1 saturated heterocycles. The number of likely N-dealkylation sites (tertiary alicyclic amines) is 1. The summed E-state index contributed by atoms with van der Waals surface area (Å²) in [5.74, 6) is 0.149. The van der Waals surface area contributed by atoms with Crippen LogP contribution in [0.3, 0.4) is 0 Å². The van der Waals surface area contributed by atoms with Gasteiger partial charge in [0.25, 0.3) is 0 Å². The van der Waals surface area contributed by atoms with E-state index in [1.165, 1.54) is 6.20 Å². The summed E-state index contributed by atoms with van der Waals surface area (Å²) in [6.45, 7) is 2.39. The molecule has 1 amide bonds. The zero-order valence-electron chi connectivity index (χ0n) is 21.1. The molecule has 0 spiro atoms. The molecule has 1 aromatic carbocycles. The number of aromatic nitrogens is 2. The zero-order valence-corrected chi connectivity index (χ0v) is 21.9. The lowest BCUT2D eigenvalue weighted by molar-refractivity contribution is -0.143. The Balaban J connectivity index is 1.36. The molecule has 2 aromatic heterocycles. The number of carbonyl (C=O) groups excluding carboxylic acids is 1. The maximum Gasteiger partial charge on any atom is 0.249 e. The molecule has 1 unspecified atom stereocenters. The van der Waals surface area contributed by atoms with E-state index >= 15 is 4.39 Å². The smallest absolute Gasteiger partial charge is 0.249 e. The van der Waals surface area contributed by atoms with Crippen molar-refractivity contribution in [2.75, 3.05) is 26.7 Å². The predicted molar refractivity (Wildman–Crippen MR) is 142 cm³/mol. The van der Waals surface area contributed by atoms with E-state index in [-0.39, 0.29) is 11.4 Å². The van der Waals surface area contributed by atoms with E-state index in [2.05, 4.69) is 14.9 Å². The molecule has 9 heteroatoms. The van der Waals surface area contributed by atoms with E-state index in [0.29, 0.717) is 41.5 Å². The standard InChI is InChI=1S/C28H34ClFN4O3/c1-37-21-8-9-25-22(18-21)26(23(29)19-32-25)24(30)10-11-28(27(35)33-36)12-16-34(17-13-28)15-5-3-7-20-6-2-4-14-31-20/h2,4,6,8-9,14,18-19,24,36H,3,5,7,10-13,15-17H2,1H3,(H,33,35). The van der Waals surface area contributed by atoms with Crippen molar-refractivity contribution in [2.24, 2.45) is 5.41 Å². The first-order valence-corrected chi connectivity index (χ1v) is 13.2. The summed E-state index contributed by atoms with van der Waals surface area (Å²) >= 11 is 6.39. The number of carbonyl (C=O) groups is 1. The minimum Gasteiger partial charge on any atom is -0.497 e. The first-order chi connectivity index (χ1) is 18.0. The number of piperidine rings is 1. The van der Waals surface area contributed by atoms with Crippen molar-refractivity contribution in [3.8, 4) is 5.75 Å². The quantitative estimate of drug-likeness (QED) is 0.189. The van der Waals surface area contributed by atoms with Crippen molar-refractivity contribution in [1.82, 2.24) is 20.3 Å². The fourth-order valence-corrected chi connectivity index (χ4v) is 5.53. The minimum atomic E-state index is -1.39. The summed E-state index contributed by atoms with van der Waals surface area (Å²) in [6, 6.07) is 11.2. The minimum absolute atomic E-state index is 0.105. The molecule has 0 aliphatic carbocycles. The fourth-order valence-electron chi connectivity index (χ4n) is 5.26. The number of hydrogen-bond acceptors (Lipinski definition) is 6. The van der Waals surface area contributed by atoms with Gasteiger partial charge in [-0.15, -0.1) is 0 Å². The van der Waals surface area contributed by atoms with Crippen LogP contribution in [0.15, 0.2) is 48.8 Å². The third kappa shape index (κ3) is 6.55. The highest BCUT2D eigenvalue weighted by Gasteiger charge is 2.41. The Kier molecular flexibility index (Phi) is 9.29. The molecule has 0 bridgehead atoms.